The summed E-state index contributed by atoms with van der Waals surface area (Å²) >= 11 is 22.0. The fourth-order valence-corrected chi connectivity index (χ4v) is 4.48. The molecule has 0 saturated heterocycles. The molecule has 0 aromatic heterocycles. The topological polar surface area (TPSA) is 50.7 Å². The van der Waals surface area contributed by atoms with Crippen molar-refractivity contribution in [2.24, 2.45) is 5.10 Å². The van der Waals surface area contributed by atoms with Gasteiger partial charge >= 0.3 is 0 Å². The Morgan fingerprint density at radius 2 is 1.88 bits per heavy atom. The molecule has 1 amide bonds. The molecule has 2 rings (SSSR count). The molecule has 0 atom stereocenters. The number of hydrazone groups is 1. The molecule has 0 aliphatic rings. The standard InChI is InChI=1S/C15H9Br3Cl2N2O2/c16-9-4-10(17)15(11(18)5-9)24-7-13(23)22-21-6-8-2-1-3-12(19)14(8)20/h1-6H,7H2,(H,22,23). The normalized spacial score (nSPS) is 10.9. The van der Waals surface area contributed by atoms with E-state index in [-0.39, 0.29) is 6.61 Å². The van der Waals surface area contributed by atoms with Crippen LogP contribution >= 0.6 is 71.0 Å². The molecule has 0 bridgehead atoms. The number of benzene rings is 2. The summed E-state index contributed by atoms with van der Waals surface area (Å²) in [5, 5.41) is 4.62. The Morgan fingerprint density at radius 1 is 1.21 bits per heavy atom. The number of hydrogen-bond donors (Lipinski definition) is 1. The lowest BCUT2D eigenvalue weighted by atomic mass is 10.2. The summed E-state index contributed by atoms with van der Waals surface area (Å²) in [5.74, 6) is 0.112. The quantitative estimate of drug-likeness (QED) is 0.371. The van der Waals surface area contributed by atoms with Gasteiger partial charge in [-0.15, -0.1) is 0 Å². The molecule has 0 unspecified atom stereocenters. The molecule has 9 heteroatoms. The van der Waals surface area contributed by atoms with E-state index in [1.165, 1.54) is 6.21 Å². The van der Waals surface area contributed by atoms with Crippen molar-refractivity contribution < 1.29 is 9.53 Å². The Kier molecular flexibility index (Phi) is 7.56. The van der Waals surface area contributed by atoms with Crippen molar-refractivity contribution in [3.8, 4) is 5.75 Å². The van der Waals surface area contributed by atoms with Crippen LogP contribution in [0.2, 0.25) is 10.0 Å². The highest BCUT2D eigenvalue weighted by atomic mass is 79.9. The van der Waals surface area contributed by atoms with Crippen molar-refractivity contribution in [2.45, 2.75) is 0 Å². The highest BCUT2D eigenvalue weighted by molar-refractivity contribution is 9.11. The van der Waals surface area contributed by atoms with Gasteiger partial charge in [-0.1, -0.05) is 51.3 Å². The third kappa shape index (κ3) is 5.46. The van der Waals surface area contributed by atoms with Crippen molar-refractivity contribution in [3.05, 3.63) is 59.4 Å². The number of nitrogens with zero attached hydrogens (tertiary/aromatic N) is 1. The van der Waals surface area contributed by atoms with Gasteiger partial charge < -0.3 is 4.74 Å². The summed E-state index contributed by atoms with van der Waals surface area (Å²) < 4.78 is 7.79. The highest BCUT2D eigenvalue weighted by Gasteiger charge is 2.10. The van der Waals surface area contributed by atoms with Crippen LogP contribution in [-0.2, 0) is 4.79 Å². The van der Waals surface area contributed by atoms with Crippen LogP contribution in [-0.4, -0.2) is 18.7 Å². The van der Waals surface area contributed by atoms with Crippen LogP contribution in [0.25, 0.3) is 0 Å². The van der Waals surface area contributed by atoms with E-state index in [2.05, 4.69) is 58.3 Å². The van der Waals surface area contributed by atoms with Crippen LogP contribution in [0.15, 0.2) is 48.9 Å². The Bertz CT molecular complexity index is 777. The van der Waals surface area contributed by atoms with Gasteiger partial charge in [0.25, 0.3) is 5.91 Å². The van der Waals surface area contributed by atoms with Crippen molar-refractivity contribution in [1.82, 2.24) is 5.43 Å². The third-order valence-corrected chi connectivity index (χ3v) is 5.15. The predicted octanol–water partition coefficient (Wildman–Crippen LogP) is 5.81. The van der Waals surface area contributed by atoms with Gasteiger partial charge in [0, 0.05) is 10.0 Å². The molecule has 1 N–H and O–H groups in total. The van der Waals surface area contributed by atoms with E-state index in [9.17, 15) is 4.79 Å². The minimum absolute atomic E-state index is 0.195. The molecule has 0 heterocycles. The van der Waals surface area contributed by atoms with Gasteiger partial charge in [-0.05, 0) is 50.1 Å². The van der Waals surface area contributed by atoms with Gasteiger partial charge in [-0.25, -0.2) is 5.43 Å². The molecule has 2 aromatic carbocycles. The van der Waals surface area contributed by atoms with Crippen LogP contribution in [0.5, 0.6) is 5.75 Å². The average Bonchev–Trinajstić information content (AvgIpc) is 2.50. The lowest BCUT2D eigenvalue weighted by molar-refractivity contribution is -0.123. The van der Waals surface area contributed by atoms with Crippen LogP contribution in [0.3, 0.4) is 0 Å². The monoisotopic (exact) mass is 556 g/mol. The molecule has 0 aliphatic carbocycles. The zero-order valence-electron chi connectivity index (χ0n) is 11.8. The molecule has 24 heavy (non-hydrogen) atoms. The number of nitrogens with one attached hydrogen (secondary N) is 1. The minimum atomic E-state index is -0.411. The Labute approximate surface area is 173 Å². The molecule has 2 aromatic rings. The first-order valence-electron chi connectivity index (χ1n) is 6.41. The molecular formula is C15H9Br3Cl2N2O2. The predicted molar refractivity (Wildman–Crippen MR) is 107 cm³/mol. The van der Waals surface area contributed by atoms with Crippen LogP contribution in [0.1, 0.15) is 5.56 Å². The maximum atomic E-state index is 11.8. The van der Waals surface area contributed by atoms with E-state index in [1.54, 1.807) is 18.2 Å². The summed E-state index contributed by atoms with van der Waals surface area (Å²) in [4.78, 5) is 11.8. The van der Waals surface area contributed by atoms with Crippen molar-refractivity contribution in [1.29, 1.82) is 0 Å². The summed E-state index contributed by atoms with van der Waals surface area (Å²) in [6.45, 7) is -0.195. The number of hydrogen-bond acceptors (Lipinski definition) is 3. The van der Waals surface area contributed by atoms with E-state index in [4.69, 9.17) is 27.9 Å². The van der Waals surface area contributed by atoms with E-state index in [0.717, 1.165) is 4.47 Å². The van der Waals surface area contributed by atoms with Gasteiger partial charge in [0.15, 0.2) is 6.61 Å². The van der Waals surface area contributed by atoms with Gasteiger partial charge in [0.2, 0.25) is 0 Å². The summed E-state index contributed by atoms with van der Waals surface area (Å²) in [7, 11) is 0. The second-order valence-corrected chi connectivity index (χ2v) is 7.83. The number of rotatable bonds is 5. The third-order valence-electron chi connectivity index (χ3n) is 2.69. The Hall–Kier alpha value is -0.600. The molecule has 0 aliphatic heterocycles. The number of halogens is 5. The van der Waals surface area contributed by atoms with Crippen molar-refractivity contribution >= 4 is 83.1 Å². The Morgan fingerprint density at radius 3 is 2.54 bits per heavy atom. The largest absolute Gasteiger partial charge is 0.481 e. The van der Waals surface area contributed by atoms with E-state index < -0.39 is 5.91 Å². The van der Waals surface area contributed by atoms with Crippen molar-refractivity contribution in [2.75, 3.05) is 6.61 Å². The second kappa shape index (κ2) is 9.20. The maximum Gasteiger partial charge on any atom is 0.277 e. The molecular weight excluding hydrogens is 551 g/mol. The number of carbonyl (C=O) groups is 1. The highest BCUT2D eigenvalue weighted by Crippen LogP contribution is 2.36. The zero-order chi connectivity index (χ0) is 17.7. The van der Waals surface area contributed by atoms with Crippen LogP contribution in [0, 0.1) is 0 Å². The van der Waals surface area contributed by atoms with E-state index in [0.29, 0.717) is 30.3 Å². The lowest BCUT2D eigenvalue weighted by Gasteiger charge is -2.10. The molecule has 0 radical (unpaired) electrons. The van der Waals surface area contributed by atoms with E-state index in [1.807, 2.05) is 12.1 Å². The SMILES string of the molecule is O=C(COc1c(Br)cc(Br)cc1Br)NN=Cc1cccc(Cl)c1Cl. The van der Waals surface area contributed by atoms with Gasteiger partial charge in [0.1, 0.15) is 5.75 Å². The first-order chi connectivity index (χ1) is 11.4. The molecule has 0 spiro atoms. The fraction of sp³-hybridized carbons (Fsp3) is 0.0667. The zero-order valence-corrected chi connectivity index (χ0v) is 18.1. The number of amides is 1. The maximum absolute atomic E-state index is 11.8. The van der Waals surface area contributed by atoms with Crippen molar-refractivity contribution in [3.63, 3.8) is 0 Å². The second-order valence-electron chi connectivity index (χ2n) is 4.42. The molecule has 0 saturated carbocycles. The smallest absolute Gasteiger partial charge is 0.277 e. The first-order valence-corrected chi connectivity index (χ1v) is 9.55. The summed E-state index contributed by atoms with van der Waals surface area (Å²) in [6, 6.07) is 8.77. The molecule has 126 valence electrons. The van der Waals surface area contributed by atoms with Gasteiger partial charge in [-0.2, -0.15) is 5.10 Å². The van der Waals surface area contributed by atoms with Crippen LogP contribution in [0.4, 0.5) is 0 Å². The van der Waals surface area contributed by atoms with Gasteiger partial charge in [0.05, 0.1) is 25.2 Å². The summed E-state index contributed by atoms with van der Waals surface area (Å²) in [5.41, 5.74) is 2.96. The Balaban J connectivity index is 1.92. The molecule has 0 fully saturated rings. The summed E-state index contributed by atoms with van der Waals surface area (Å²) in [6.07, 6.45) is 1.41. The average molecular weight is 560 g/mol. The first kappa shape index (κ1) is 19.7. The van der Waals surface area contributed by atoms with E-state index >= 15 is 0 Å². The van der Waals surface area contributed by atoms with Crippen LogP contribution < -0.4 is 10.2 Å². The van der Waals surface area contributed by atoms with Gasteiger partial charge in [-0.3, -0.25) is 4.79 Å². The lowest BCUT2D eigenvalue weighted by Crippen LogP contribution is -2.24. The number of ether oxygens (including phenoxy) is 1. The fourth-order valence-electron chi connectivity index (χ4n) is 1.63. The number of carbonyl (C=O) groups excluding carboxylic acids is 1. The molecule has 4 nitrogen and oxygen atoms in total. The minimum Gasteiger partial charge on any atom is -0.481 e.